The van der Waals surface area contributed by atoms with E-state index in [0.29, 0.717) is 0 Å². The lowest BCUT2D eigenvalue weighted by atomic mass is 10.2. The fourth-order valence-corrected chi connectivity index (χ4v) is 0.870. The second-order valence-corrected chi connectivity index (χ2v) is 3.43. The SMILES string of the molecule is O=C(OOP(=O)(O)O)c1ccccc1. The fourth-order valence-electron chi connectivity index (χ4n) is 0.705. The fraction of sp³-hybridized carbons (Fsp3) is 0. The summed E-state index contributed by atoms with van der Waals surface area (Å²) in [5, 5.41) is 0. The predicted molar refractivity (Wildman–Crippen MR) is 45.0 cm³/mol. The van der Waals surface area contributed by atoms with Crippen molar-refractivity contribution in [2.24, 2.45) is 0 Å². The van der Waals surface area contributed by atoms with Crippen molar-refractivity contribution in [3.05, 3.63) is 35.9 Å². The van der Waals surface area contributed by atoms with E-state index in [2.05, 4.69) is 9.56 Å². The molecule has 0 aliphatic heterocycles. The summed E-state index contributed by atoms with van der Waals surface area (Å²) in [6.07, 6.45) is 0. The summed E-state index contributed by atoms with van der Waals surface area (Å²) in [5.74, 6) is -0.964. The maximum Gasteiger partial charge on any atom is 0.505 e. The molecule has 2 N–H and O–H groups in total. The van der Waals surface area contributed by atoms with Crippen molar-refractivity contribution in [2.75, 3.05) is 0 Å². The number of rotatable bonds is 3. The Kier molecular flexibility index (Phi) is 3.38. The van der Waals surface area contributed by atoms with Gasteiger partial charge in [0.05, 0.1) is 5.56 Å². The van der Waals surface area contributed by atoms with Gasteiger partial charge >= 0.3 is 13.8 Å². The van der Waals surface area contributed by atoms with E-state index in [1.54, 1.807) is 18.2 Å². The predicted octanol–water partition coefficient (Wildman–Crippen LogP) is 0.868. The summed E-state index contributed by atoms with van der Waals surface area (Å²) in [5.41, 5.74) is 0.140. The Balaban J connectivity index is 2.57. The third-order valence-corrected chi connectivity index (χ3v) is 1.49. The number of carbonyl (C=O) groups is 1. The van der Waals surface area contributed by atoms with E-state index in [4.69, 9.17) is 9.79 Å². The van der Waals surface area contributed by atoms with Gasteiger partial charge in [0.25, 0.3) is 0 Å². The van der Waals surface area contributed by atoms with E-state index in [0.717, 1.165) is 0 Å². The molecule has 6 nitrogen and oxygen atoms in total. The molecule has 0 saturated carbocycles. The molecule has 0 saturated heterocycles. The maximum absolute atomic E-state index is 11.0. The molecule has 1 aromatic carbocycles. The monoisotopic (exact) mass is 218 g/mol. The summed E-state index contributed by atoms with van der Waals surface area (Å²) in [4.78, 5) is 31.3. The molecule has 0 aliphatic carbocycles. The number of carbonyl (C=O) groups excluding carboxylic acids is 1. The molecule has 0 atom stereocenters. The van der Waals surface area contributed by atoms with Gasteiger partial charge in [-0.1, -0.05) is 22.9 Å². The average Bonchev–Trinajstić information content (AvgIpc) is 2.14. The van der Waals surface area contributed by atoms with E-state index in [-0.39, 0.29) is 5.56 Å². The molecule has 14 heavy (non-hydrogen) atoms. The van der Waals surface area contributed by atoms with Crippen molar-refractivity contribution >= 4 is 13.8 Å². The zero-order valence-corrected chi connectivity index (χ0v) is 7.76. The van der Waals surface area contributed by atoms with Crippen molar-refractivity contribution in [1.82, 2.24) is 0 Å². The average molecular weight is 218 g/mol. The smallest absolute Gasteiger partial charge is 0.301 e. The summed E-state index contributed by atoms with van der Waals surface area (Å²) in [6, 6.07) is 7.68. The van der Waals surface area contributed by atoms with Crippen LogP contribution in [0.2, 0.25) is 0 Å². The number of phosphoric acid groups is 1. The van der Waals surface area contributed by atoms with Crippen LogP contribution in [0, 0.1) is 0 Å². The van der Waals surface area contributed by atoms with Crippen LogP contribution in [0.4, 0.5) is 0 Å². The Morgan fingerprint density at radius 2 is 1.79 bits per heavy atom. The highest BCUT2D eigenvalue weighted by molar-refractivity contribution is 7.46. The second kappa shape index (κ2) is 4.34. The first-order valence-electron chi connectivity index (χ1n) is 3.50. The topological polar surface area (TPSA) is 93.1 Å². The van der Waals surface area contributed by atoms with E-state index in [9.17, 15) is 9.36 Å². The Labute approximate surface area is 79.3 Å². The molecule has 0 amide bonds. The summed E-state index contributed by atoms with van der Waals surface area (Å²) >= 11 is 0. The minimum atomic E-state index is -4.78. The van der Waals surface area contributed by atoms with Crippen molar-refractivity contribution in [3.63, 3.8) is 0 Å². The van der Waals surface area contributed by atoms with Gasteiger partial charge in [-0.05, 0) is 12.1 Å². The molecule has 7 heteroatoms. The summed E-state index contributed by atoms with van der Waals surface area (Å²) in [7, 11) is -4.78. The first-order chi connectivity index (χ1) is 6.49. The van der Waals surface area contributed by atoms with Crippen LogP contribution in [-0.4, -0.2) is 15.8 Å². The van der Waals surface area contributed by atoms with Crippen LogP contribution < -0.4 is 0 Å². The molecule has 0 unspecified atom stereocenters. The first-order valence-corrected chi connectivity index (χ1v) is 5.03. The molecule has 0 spiro atoms. The molecule has 0 aromatic heterocycles. The van der Waals surface area contributed by atoms with E-state index < -0.39 is 13.8 Å². The lowest BCUT2D eigenvalue weighted by Gasteiger charge is -2.03. The second-order valence-electron chi connectivity index (χ2n) is 2.30. The van der Waals surface area contributed by atoms with Crippen LogP contribution in [0.3, 0.4) is 0 Å². The highest BCUT2D eigenvalue weighted by Gasteiger charge is 2.19. The maximum atomic E-state index is 11.0. The number of benzene rings is 1. The van der Waals surface area contributed by atoms with Crippen molar-refractivity contribution in [1.29, 1.82) is 0 Å². The van der Waals surface area contributed by atoms with Crippen LogP contribution in [0.5, 0.6) is 0 Å². The Hall–Kier alpha value is -1.20. The van der Waals surface area contributed by atoms with Crippen molar-refractivity contribution < 1.29 is 28.7 Å². The highest BCUT2D eigenvalue weighted by Crippen LogP contribution is 2.36. The molecule has 0 bridgehead atoms. The minimum Gasteiger partial charge on any atom is -0.301 e. The quantitative estimate of drug-likeness (QED) is 0.444. The van der Waals surface area contributed by atoms with E-state index in [1.165, 1.54) is 12.1 Å². The van der Waals surface area contributed by atoms with Gasteiger partial charge in [-0.3, -0.25) is 4.89 Å². The molecule has 76 valence electrons. The number of hydrogen-bond acceptors (Lipinski definition) is 4. The lowest BCUT2D eigenvalue weighted by molar-refractivity contribution is -0.166. The van der Waals surface area contributed by atoms with Crippen LogP contribution >= 0.6 is 7.82 Å². The Morgan fingerprint density at radius 3 is 2.29 bits per heavy atom. The lowest BCUT2D eigenvalue weighted by Crippen LogP contribution is -2.04. The molecule has 1 aromatic rings. The zero-order chi connectivity index (χ0) is 10.6. The van der Waals surface area contributed by atoms with Gasteiger partial charge in [0.2, 0.25) is 0 Å². The third-order valence-electron chi connectivity index (χ3n) is 1.22. The zero-order valence-electron chi connectivity index (χ0n) is 6.86. The van der Waals surface area contributed by atoms with E-state index in [1.807, 2.05) is 0 Å². The normalized spacial score (nSPS) is 11.0. The molecule has 1 rings (SSSR count). The Morgan fingerprint density at radius 1 is 1.21 bits per heavy atom. The van der Waals surface area contributed by atoms with Gasteiger partial charge in [-0.15, -0.1) is 0 Å². The summed E-state index contributed by atoms with van der Waals surface area (Å²) in [6.45, 7) is 0. The summed E-state index contributed by atoms with van der Waals surface area (Å²) < 4.78 is 13.7. The van der Waals surface area contributed by atoms with Crippen molar-refractivity contribution in [3.8, 4) is 0 Å². The molecular formula is C7H7O6P. The van der Waals surface area contributed by atoms with Gasteiger partial charge in [0.15, 0.2) is 0 Å². The van der Waals surface area contributed by atoms with Crippen LogP contribution in [-0.2, 0) is 14.1 Å². The molecule has 0 heterocycles. The Bertz CT molecular complexity index is 356. The van der Waals surface area contributed by atoms with Crippen LogP contribution in [0.15, 0.2) is 30.3 Å². The van der Waals surface area contributed by atoms with Gasteiger partial charge < -0.3 is 9.79 Å². The third kappa shape index (κ3) is 3.68. The van der Waals surface area contributed by atoms with Gasteiger partial charge in [-0.25, -0.2) is 9.36 Å². The van der Waals surface area contributed by atoms with Crippen LogP contribution in [0.1, 0.15) is 10.4 Å². The molecule has 0 fully saturated rings. The van der Waals surface area contributed by atoms with Gasteiger partial charge in [-0.2, -0.15) is 0 Å². The molecule has 0 aliphatic rings. The minimum absolute atomic E-state index is 0.140. The van der Waals surface area contributed by atoms with Gasteiger partial charge in [0, 0.05) is 0 Å². The first kappa shape index (κ1) is 10.9. The number of hydrogen-bond donors (Lipinski definition) is 2. The van der Waals surface area contributed by atoms with E-state index >= 15 is 0 Å². The van der Waals surface area contributed by atoms with Crippen molar-refractivity contribution in [2.45, 2.75) is 0 Å². The molecular weight excluding hydrogens is 211 g/mol. The van der Waals surface area contributed by atoms with Crippen LogP contribution in [0.25, 0.3) is 0 Å². The van der Waals surface area contributed by atoms with Gasteiger partial charge in [0.1, 0.15) is 0 Å². The largest absolute Gasteiger partial charge is 0.505 e. The standard InChI is InChI=1S/C7H7O6P/c8-7(12-13-14(9,10)11)6-4-2-1-3-5-6/h1-5H,(H2,9,10,11). The highest BCUT2D eigenvalue weighted by atomic mass is 31.2. The molecule has 0 radical (unpaired) electrons.